The first-order valence-corrected chi connectivity index (χ1v) is 8.14. The lowest BCUT2D eigenvalue weighted by Gasteiger charge is -1.99. The van der Waals surface area contributed by atoms with E-state index in [2.05, 4.69) is 0 Å². The molecule has 0 radical (unpaired) electrons. The van der Waals surface area contributed by atoms with Crippen LogP contribution in [0.5, 0.6) is 0 Å². The maximum atomic E-state index is 12.5. The maximum Gasteiger partial charge on any atom is 0.270 e. The predicted molar refractivity (Wildman–Crippen MR) is 102 cm³/mol. The van der Waals surface area contributed by atoms with E-state index in [9.17, 15) is 30.3 Å². The molecule has 1 aromatic heterocycles. The van der Waals surface area contributed by atoms with Crippen molar-refractivity contribution in [3.63, 3.8) is 0 Å². The van der Waals surface area contributed by atoms with E-state index in [1.54, 1.807) is 12.1 Å². The van der Waals surface area contributed by atoms with Gasteiger partial charge < -0.3 is 4.42 Å². The summed E-state index contributed by atoms with van der Waals surface area (Å²) in [5, 5.41) is 30.9. The van der Waals surface area contributed by atoms with E-state index in [1.807, 2.05) is 0 Å². The molecule has 0 atom stereocenters. The number of rotatable bonds is 6. The van der Waals surface area contributed by atoms with E-state index in [4.69, 9.17) is 4.42 Å². The summed E-state index contributed by atoms with van der Waals surface area (Å²) >= 11 is 0. The molecule has 0 fully saturated rings. The van der Waals surface area contributed by atoms with Crippen LogP contribution in [0.25, 0.3) is 17.4 Å². The van der Waals surface area contributed by atoms with Crippen molar-refractivity contribution in [2.75, 3.05) is 0 Å². The molecular formula is C20H11N3O6. The number of nitrogens with zero attached hydrogens (tertiary/aromatic N) is 3. The lowest BCUT2D eigenvalue weighted by molar-refractivity contribution is -0.385. The van der Waals surface area contributed by atoms with Gasteiger partial charge in [-0.25, -0.2) is 0 Å². The highest BCUT2D eigenvalue weighted by Crippen LogP contribution is 2.26. The van der Waals surface area contributed by atoms with Crippen LogP contribution >= 0.6 is 0 Å². The Morgan fingerprint density at radius 2 is 1.66 bits per heavy atom. The second-order valence-corrected chi connectivity index (χ2v) is 5.81. The maximum absolute atomic E-state index is 12.5. The van der Waals surface area contributed by atoms with Crippen molar-refractivity contribution in [3.05, 3.63) is 97.8 Å². The number of nitro benzene ring substituents is 2. The first-order chi connectivity index (χ1) is 13.9. The fourth-order valence-electron chi connectivity index (χ4n) is 2.54. The topological polar surface area (TPSA) is 140 Å². The molecule has 142 valence electrons. The number of non-ortho nitro benzene ring substituents is 2. The molecular weight excluding hydrogens is 378 g/mol. The van der Waals surface area contributed by atoms with Crippen LogP contribution in [0.3, 0.4) is 0 Å². The fourth-order valence-corrected chi connectivity index (χ4v) is 2.54. The zero-order valence-corrected chi connectivity index (χ0v) is 14.6. The number of hydrogen-bond donors (Lipinski definition) is 0. The SMILES string of the molecule is N#CC(=Cc1ccc(-c2ccc([N+](=O)[O-])cc2)o1)C(=O)c1cccc([N+](=O)[O-])c1. The molecule has 0 unspecified atom stereocenters. The highest BCUT2D eigenvalue weighted by Gasteiger charge is 2.16. The summed E-state index contributed by atoms with van der Waals surface area (Å²) in [5.74, 6) is -0.0654. The third-order valence-corrected chi connectivity index (χ3v) is 3.96. The molecule has 0 saturated carbocycles. The molecule has 0 bridgehead atoms. The van der Waals surface area contributed by atoms with Crippen molar-refractivity contribution in [3.8, 4) is 17.4 Å². The van der Waals surface area contributed by atoms with Gasteiger partial charge in [0.25, 0.3) is 11.4 Å². The Morgan fingerprint density at radius 3 is 2.28 bits per heavy atom. The van der Waals surface area contributed by atoms with Crippen molar-refractivity contribution in [1.82, 2.24) is 0 Å². The van der Waals surface area contributed by atoms with Crippen molar-refractivity contribution >= 4 is 23.2 Å². The number of Topliss-reactive ketones (excluding diaryl/α,β-unsaturated/α-hetero) is 1. The number of carbonyl (C=O) groups excluding carboxylic acids is 1. The van der Waals surface area contributed by atoms with Gasteiger partial charge in [-0.05, 0) is 24.3 Å². The first kappa shape index (κ1) is 19.2. The molecule has 0 N–H and O–H groups in total. The second-order valence-electron chi connectivity index (χ2n) is 5.81. The predicted octanol–water partition coefficient (Wildman–Crippen LogP) is 4.55. The number of benzene rings is 2. The van der Waals surface area contributed by atoms with Gasteiger partial charge in [-0.3, -0.25) is 25.0 Å². The highest BCUT2D eigenvalue weighted by molar-refractivity contribution is 6.14. The summed E-state index contributed by atoms with van der Waals surface area (Å²) in [6.45, 7) is 0. The summed E-state index contributed by atoms with van der Waals surface area (Å²) in [5.41, 5.74) is 0.0179. The summed E-state index contributed by atoms with van der Waals surface area (Å²) in [6, 6.07) is 15.7. The van der Waals surface area contributed by atoms with Crippen LogP contribution in [0, 0.1) is 31.6 Å². The number of furan rings is 1. The van der Waals surface area contributed by atoms with Gasteiger partial charge in [-0.1, -0.05) is 12.1 Å². The number of nitriles is 1. The van der Waals surface area contributed by atoms with Crippen LogP contribution < -0.4 is 0 Å². The molecule has 0 aliphatic rings. The van der Waals surface area contributed by atoms with Crippen molar-refractivity contribution in [2.24, 2.45) is 0 Å². The van der Waals surface area contributed by atoms with Gasteiger partial charge in [0.2, 0.25) is 5.78 Å². The Bertz CT molecular complexity index is 1190. The number of hydrogen-bond acceptors (Lipinski definition) is 7. The lowest BCUT2D eigenvalue weighted by atomic mass is 10.0. The molecule has 3 aromatic rings. The summed E-state index contributed by atoms with van der Waals surface area (Å²) in [7, 11) is 0. The normalized spacial score (nSPS) is 10.9. The minimum atomic E-state index is -0.676. The van der Waals surface area contributed by atoms with E-state index in [-0.39, 0.29) is 28.3 Å². The third-order valence-electron chi connectivity index (χ3n) is 3.96. The molecule has 9 nitrogen and oxygen atoms in total. The molecule has 0 aliphatic carbocycles. The van der Waals surface area contributed by atoms with Gasteiger partial charge >= 0.3 is 0 Å². The standard InChI is InChI=1S/C20H11N3O6/c21-12-15(20(24)14-2-1-3-17(10-14)23(27)28)11-18-8-9-19(29-18)13-4-6-16(7-5-13)22(25)26/h1-11H. The van der Waals surface area contributed by atoms with Gasteiger partial charge in [0.05, 0.1) is 9.85 Å². The minimum absolute atomic E-state index is 0.00847. The van der Waals surface area contributed by atoms with E-state index in [0.717, 1.165) is 6.07 Å². The smallest absolute Gasteiger partial charge is 0.270 e. The average Bonchev–Trinajstić information content (AvgIpc) is 3.20. The Kier molecular flexibility index (Phi) is 5.28. The van der Waals surface area contributed by atoms with Crippen LogP contribution in [-0.2, 0) is 0 Å². The third kappa shape index (κ3) is 4.23. The Hall–Kier alpha value is -4.58. The van der Waals surface area contributed by atoms with Crippen molar-refractivity contribution in [1.29, 1.82) is 5.26 Å². The number of allylic oxidation sites excluding steroid dienone is 1. The molecule has 9 heteroatoms. The zero-order chi connectivity index (χ0) is 21.0. The van der Waals surface area contributed by atoms with Gasteiger partial charge in [0.15, 0.2) is 0 Å². The van der Waals surface area contributed by atoms with Gasteiger partial charge in [-0.15, -0.1) is 0 Å². The van der Waals surface area contributed by atoms with Gasteiger partial charge in [0.1, 0.15) is 23.2 Å². The van der Waals surface area contributed by atoms with E-state index < -0.39 is 15.6 Å². The average molecular weight is 389 g/mol. The van der Waals surface area contributed by atoms with Crippen LogP contribution in [0.2, 0.25) is 0 Å². The quantitative estimate of drug-likeness (QED) is 0.198. The van der Waals surface area contributed by atoms with E-state index in [0.29, 0.717) is 11.3 Å². The molecule has 0 saturated heterocycles. The summed E-state index contributed by atoms with van der Waals surface area (Å²) in [6.07, 6.45) is 1.23. The summed E-state index contributed by atoms with van der Waals surface area (Å²) < 4.78 is 5.59. The van der Waals surface area contributed by atoms with Gasteiger partial charge in [0, 0.05) is 41.5 Å². The zero-order valence-electron chi connectivity index (χ0n) is 14.6. The molecule has 0 spiro atoms. The largest absolute Gasteiger partial charge is 0.457 e. The van der Waals surface area contributed by atoms with E-state index in [1.165, 1.54) is 54.6 Å². The lowest BCUT2D eigenvalue weighted by Crippen LogP contribution is -2.02. The van der Waals surface area contributed by atoms with Crippen LogP contribution in [0.4, 0.5) is 11.4 Å². The van der Waals surface area contributed by atoms with Crippen molar-refractivity contribution < 1.29 is 19.1 Å². The number of nitro groups is 2. The molecule has 1 heterocycles. The number of ketones is 1. The minimum Gasteiger partial charge on any atom is -0.457 e. The molecule has 2 aromatic carbocycles. The monoisotopic (exact) mass is 389 g/mol. The Morgan fingerprint density at radius 1 is 0.966 bits per heavy atom. The van der Waals surface area contributed by atoms with E-state index >= 15 is 0 Å². The van der Waals surface area contributed by atoms with Crippen molar-refractivity contribution in [2.45, 2.75) is 0 Å². The summed E-state index contributed by atoms with van der Waals surface area (Å²) in [4.78, 5) is 33.0. The van der Waals surface area contributed by atoms with Crippen LogP contribution in [-0.4, -0.2) is 15.6 Å². The highest BCUT2D eigenvalue weighted by atomic mass is 16.6. The van der Waals surface area contributed by atoms with Crippen LogP contribution in [0.15, 0.2) is 70.7 Å². The molecule has 0 amide bonds. The number of carbonyl (C=O) groups is 1. The first-order valence-electron chi connectivity index (χ1n) is 8.14. The Labute approximate surface area is 163 Å². The van der Waals surface area contributed by atoms with Crippen LogP contribution in [0.1, 0.15) is 16.1 Å². The fraction of sp³-hybridized carbons (Fsp3) is 0. The van der Waals surface area contributed by atoms with Gasteiger partial charge in [-0.2, -0.15) is 5.26 Å². The Balaban J connectivity index is 1.87. The second kappa shape index (κ2) is 7.98. The molecule has 29 heavy (non-hydrogen) atoms. The molecule has 3 rings (SSSR count). The molecule has 0 aliphatic heterocycles.